The lowest BCUT2D eigenvalue weighted by molar-refractivity contribution is 0.260. The van der Waals surface area contributed by atoms with Crippen molar-refractivity contribution in [2.24, 2.45) is 0 Å². The molecule has 10 nitrogen and oxygen atoms in total. The molecule has 0 bridgehead atoms. The molecular formula is C28H25FN8O2. The Hall–Kier alpha value is -4.90. The first-order chi connectivity index (χ1) is 19.0. The van der Waals surface area contributed by atoms with E-state index in [2.05, 4.69) is 30.1 Å². The Morgan fingerprint density at radius 3 is 2.59 bits per heavy atom. The fourth-order valence-corrected chi connectivity index (χ4v) is 4.33. The van der Waals surface area contributed by atoms with E-state index in [1.54, 1.807) is 44.2 Å². The molecular weight excluding hydrogens is 499 g/mol. The first-order valence-electron chi connectivity index (χ1n) is 12.2. The van der Waals surface area contributed by atoms with Crippen LogP contribution in [0.2, 0.25) is 0 Å². The number of nitrogens with one attached hydrogen (secondary N) is 2. The van der Waals surface area contributed by atoms with Gasteiger partial charge in [0.25, 0.3) is 0 Å². The Morgan fingerprint density at radius 1 is 0.897 bits per heavy atom. The van der Waals surface area contributed by atoms with Crippen LogP contribution in [0, 0.1) is 5.82 Å². The number of fused-ring (bicyclic) bond motifs is 2. The second kappa shape index (κ2) is 10.1. The van der Waals surface area contributed by atoms with E-state index >= 15 is 0 Å². The molecule has 0 saturated heterocycles. The quantitative estimate of drug-likeness (QED) is 0.294. The van der Waals surface area contributed by atoms with Crippen LogP contribution in [0.5, 0.6) is 11.5 Å². The summed E-state index contributed by atoms with van der Waals surface area (Å²) in [6.45, 7) is 1.16. The highest BCUT2D eigenvalue weighted by Gasteiger charge is 2.17. The van der Waals surface area contributed by atoms with Gasteiger partial charge in [-0.05, 0) is 43.9 Å². The Morgan fingerprint density at radius 2 is 1.74 bits per heavy atom. The van der Waals surface area contributed by atoms with Crippen LogP contribution in [0.3, 0.4) is 0 Å². The Bertz CT molecular complexity index is 1800. The Labute approximate surface area is 222 Å². The van der Waals surface area contributed by atoms with E-state index in [1.807, 2.05) is 31.1 Å². The number of imidazole rings is 1. The summed E-state index contributed by atoms with van der Waals surface area (Å²) in [5, 5.41) is 8.36. The Kier molecular flexibility index (Phi) is 6.33. The van der Waals surface area contributed by atoms with Gasteiger partial charge in [-0.3, -0.25) is 20.1 Å². The number of hydrogen-bond donors (Lipinski definition) is 2. The maximum atomic E-state index is 14.6. The maximum Gasteiger partial charge on any atom is 0.159 e. The number of halogens is 1. The summed E-state index contributed by atoms with van der Waals surface area (Å²) in [6.07, 6.45) is 8.45. The van der Waals surface area contributed by atoms with Crippen LogP contribution in [0.15, 0.2) is 61.3 Å². The third kappa shape index (κ3) is 4.87. The van der Waals surface area contributed by atoms with Crippen LogP contribution >= 0.6 is 0 Å². The molecule has 5 aromatic heterocycles. The number of ether oxygens (including phenoxy) is 2. The van der Waals surface area contributed by atoms with Crippen molar-refractivity contribution in [3.8, 4) is 45.4 Å². The second-order valence-electron chi connectivity index (χ2n) is 9.30. The third-order valence-electron chi connectivity index (χ3n) is 6.30. The van der Waals surface area contributed by atoms with Crippen molar-refractivity contribution < 1.29 is 13.9 Å². The molecule has 6 aromatic rings. The van der Waals surface area contributed by atoms with Crippen LogP contribution in [0.1, 0.15) is 0 Å². The van der Waals surface area contributed by atoms with Gasteiger partial charge in [-0.2, -0.15) is 5.10 Å². The van der Waals surface area contributed by atoms with Crippen molar-refractivity contribution in [3.63, 3.8) is 0 Å². The Balaban J connectivity index is 1.40. The molecule has 0 aliphatic heterocycles. The van der Waals surface area contributed by atoms with Crippen LogP contribution in [-0.4, -0.2) is 74.4 Å². The number of methoxy groups -OCH3 is 1. The SMILES string of the molecule is COc1cncc(-c2cc3c(-c4nc5c(-c6cc(F)cc(OCCN(C)C)c6)cncc5[nH]4)n[nH]c3cn2)c1. The zero-order valence-electron chi connectivity index (χ0n) is 21.6. The van der Waals surface area contributed by atoms with Crippen LogP contribution in [-0.2, 0) is 0 Å². The molecule has 0 aliphatic rings. The highest BCUT2D eigenvalue weighted by Crippen LogP contribution is 2.33. The molecule has 5 heterocycles. The second-order valence-corrected chi connectivity index (χ2v) is 9.30. The van der Waals surface area contributed by atoms with Crippen molar-refractivity contribution in [2.45, 2.75) is 0 Å². The van der Waals surface area contributed by atoms with Gasteiger partial charge in [-0.15, -0.1) is 0 Å². The van der Waals surface area contributed by atoms with Crippen molar-refractivity contribution in [2.75, 3.05) is 34.4 Å². The molecule has 0 spiro atoms. The monoisotopic (exact) mass is 524 g/mol. The largest absolute Gasteiger partial charge is 0.495 e. The minimum atomic E-state index is -0.398. The summed E-state index contributed by atoms with van der Waals surface area (Å²) in [5.41, 5.74) is 5.56. The van der Waals surface area contributed by atoms with Gasteiger partial charge in [-0.25, -0.2) is 9.37 Å². The zero-order valence-corrected chi connectivity index (χ0v) is 21.6. The number of likely N-dealkylation sites (N-methyl/N-ethyl adjacent to an activating group) is 1. The number of rotatable bonds is 8. The van der Waals surface area contributed by atoms with Crippen molar-refractivity contribution >= 4 is 21.9 Å². The standard InChI is InChI=1S/C28H25FN8O2/c1-37(2)4-5-39-19-7-16(6-18(29)9-19)22-13-31-14-25-26(22)34-28(33-25)27-21-10-23(32-15-24(21)35-36-27)17-8-20(38-3)12-30-11-17/h6-15H,4-5H2,1-3H3,(H,33,34)(H,35,36). The van der Waals surface area contributed by atoms with Gasteiger partial charge >= 0.3 is 0 Å². The summed E-state index contributed by atoms with van der Waals surface area (Å²) in [4.78, 5) is 23.3. The van der Waals surface area contributed by atoms with E-state index in [0.717, 1.165) is 28.7 Å². The van der Waals surface area contributed by atoms with Gasteiger partial charge in [0.05, 0.1) is 47.9 Å². The summed E-state index contributed by atoms with van der Waals surface area (Å²) < 4.78 is 25.6. The number of nitrogens with zero attached hydrogens (tertiary/aromatic N) is 6. The lowest BCUT2D eigenvalue weighted by atomic mass is 10.1. The number of hydrogen-bond acceptors (Lipinski definition) is 8. The summed E-state index contributed by atoms with van der Waals surface area (Å²) in [7, 11) is 5.51. The predicted molar refractivity (Wildman–Crippen MR) is 146 cm³/mol. The van der Waals surface area contributed by atoms with E-state index in [0.29, 0.717) is 51.8 Å². The number of benzene rings is 1. The summed E-state index contributed by atoms with van der Waals surface area (Å²) in [5.74, 6) is 1.24. The number of pyridine rings is 3. The lowest BCUT2D eigenvalue weighted by Gasteiger charge is -2.12. The third-order valence-corrected chi connectivity index (χ3v) is 6.30. The van der Waals surface area contributed by atoms with E-state index in [-0.39, 0.29) is 0 Å². The molecule has 0 saturated carbocycles. The minimum Gasteiger partial charge on any atom is -0.495 e. The molecule has 6 rings (SSSR count). The first kappa shape index (κ1) is 24.4. The van der Waals surface area contributed by atoms with Gasteiger partial charge in [0.15, 0.2) is 5.82 Å². The topological polar surface area (TPSA) is 118 Å². The van der Waals surface area contributed by atoms with Gasteiger partial charge in [-0.1, -0.05) is 0 Å². The number of aromatic nitrogens is 7. The average molecular weight is 525 g/mol. The number of H-pyrrole nitrogens is 2. The summed E-state index contributed by atoms with van der Waals surface area (Å²) >= 11 is 0. The molecule has 39 heavy (non-hydrogen) atoms. The molecule has 0 amide bonds. The van der Waals surface area contributed by atoms with Gasteiger partial charge in [0, 0.05) is 41.5 Å². The van der Waals surface area contributed by atoms with Gasteiger partial charge in [0.1, 0.15) is 29.6 Å². The molecule has 11 heteroatoms. The molecule has 0 atom stereocenters. The highest BCUT2D eigenvalue weighted by molar-refractivity contribution is 5.97. The molecule has 0 aliphatic carbocycles. The highest BCUT2D eigenvalue weighted by atomic mass is 19.1. The van der Waals surface area contributed by atoms with Crippen molar-refractivity contribution in [1.82, 2.24) is 40.0 Å². The maximum absolute atomic E-state index is 14.6. The minimum absolute atomic E-state index is 0.398. The van der Waals surface area contributed by atoms with Gasteiger partial charge in [0.2, 0.25) is 0 Å². The zero-order chi connectivity index (χ0) is 26.9. The summed E-state index contributed by atoms with van der Waals surface area (Å²) in [6, 6.07) is 8.43. The molecule has 196 valence electrons. The van der Waals surface area contributed by atoms with E-state index < -0.39 is 5.82 Å². The van der Waals surface area contributed by atoms with Crippen LogP contribution < -0.4 is 9.47 Å². The number of aromatic amines is 2. The van der Waals surface area contributed by atoms with Crippen LogP contribution in [0.25, 0.3) is 55.8 Å². The van der Waals surface area contributed by atoms with Crippen LogP contribution in [0.4, 0.5) is 4.39 Å². The van der Waals surface area contributed by atoms with E-state index in [4.69, 9.17) is 14.5 Å². The normalized spacial score (nSPS) is 11.5. The fourth-order valence-electron chi connectivity index (χ4n) is 4.33. The molecule has 2 N–H and O–H groups in total. The molecule has 0 unspecified atom stereocenters. The lowest BCUT2D eigenvalue weighted by Crippen LogP contribution is -2.19. The first-order valence-corrected chi connectivity index (χ1v) is 12.2. The van der Waals surface area contributed by atoms with Crippen molar-refractivity contribution in [1.29, 1.82) is 0 Å². The predicted octanol–water partition coefficient (Wildman–Crippen LogP) is 4.71. The molecule has 0 fully saturated rings. The van der Waals surface area contributed by atoms with E-state index in [1.165, 1.54) is 12.1 Å². The van der Waals surface area contributed by atoms with Crippen molar-refractivity contribution in [3.05, 3.63) is 67.1 Å². The molecule has 0 radical (unpaired) electrons. The average Bonchev–Trinajstić information content (AvgIpc) is 3.56. The van der Waals surface area contributed by atoms with Gasteiger partial charge < -0.3 is 19.4 Å². The molecule has 1 aromatic carbocycles. The fraction of sp³-hybridized carbons (Fsp3) is 0.179. The van der Waals surface area contributed by atoms with E-state index in [9.17, 15) is 4.39 Å². The smallest absolute Gasteiger partial charge is 0.159 e.